The van der Waals surface area contributed by atoms with Gasteiger partial charge in [0, 0.05) is 20.0 Å². The normalized spacial score (nSPS) is 9.81. The number of hydrogen-bond acceptors (Lipinski definition) is 4. The third kappa shape index (κ3) is 6.56. The van der Waals surface area contributed by atoms with Crippen molar-refractivity contribution in [2.24, 2.45) is 0 Å². The van der Waals surface area contributed by atoms with E-state index in [0.717, 1.165) is 12.0 Å². The predicted octanol–water partition coefficient (Wildman–Crippen LogP) is 1.01. The van der Waals surface area contributed by atoms with Crippen molar-refractivity contribution in [1.29, 1.82) is 0 Å². The van der Waals surface area contributed by atoms with Gasteiger partial charge in [-0.3, -0.25) is 9.59 Å². The molecule has 0 bridgehead atoms. The number of ether oxygens (including phenoxy) is 1. The molecule has 0 unspecified atom stereocenters. The van der Waals surface area contributed by atoms with Crippen molar-refractivity contribution in [3.63, 3.8) is 0 Å². The van der Waals surface area contributed by atoms with Crippen LogP contribution in [-0.4, -0.2) is 30.9 Å². The van der Waals surface area contributed by atoms with Crippen LogP contribution >= 0.6 is 0 Å². The summed E-state index contributed by atoms with van der Waals surface area (Å²) in [5.41, 5.74) is 1.24. The number of esters is 1. The summed E-state index contributed by atoms with van der Waals surface area (Å²) in [7, 11) is 0. The minimum Gasteiger partial charge on any atom is -0.452 e. The topological polar surface area (TPSA) is 84.5 Å². The quantitative estimate of drug-likeness (QED) is 0.734. The monoisotopic (exact) mass is 292 g/mol. The smallest absolute Gasteiger partial charge is 0.338 e. The van der Waals surface area contributed by atoms with Crippen LogP contribution in [0.25, 0.3) is 0 Å². The van der Waals surface area contributed by atoms with Crippen LogP contribution in [0, 0.1) is 0 Å². The molecule has 0 fully saturated rings. The summed E-state index contributed by atoms with van der Waals surface area (Å²) in [6, 6.07) is 6.65. The maximum absolute atomic E-state index is 11.7. The molecule has 21 heavy (non-hydrogen) atoms. The first-order valence-corrected chi connectivity index (χ1v) is 6.80. The molecule has 2 N–H and O–H groups in total. The van der Waals surface area contributed by atoms with Gasteiger partial charge in [-0.25, -0.2) is 4.79 Å². The Morgan fingerprint density at radius 3 is 2.33 bits per heavy atom. The second kappa shape index (κ2) is 8.73. The minimum absolute atomic E-state index is 0.114. The first kappa shape index (κ1) is 16.7. The third-order valence-corrected chi connectivity index (χ3v) is 2.64. The summed E-state index contributed by atoms with van der Waals surface area (Å²) in [5, 5.41) is 5.28. The fraction of sp³-hybridized carbons (Fsp3) is 0.400. The van der Waals surface area contributed by atoms with E-state index in [2.05, 4.69) is 10.6 Å². The maximum Gasteiger partial charge on any atom is 0.338 e. The van der Waals surface area contributed by atoms with Crippen LogP contribution in [0.3, 0.4) is 0 Å². The van der Waals surface area contributed by atoms with E-state index in [0.29, 0.717) is 18.7 Å². The number of carbonyl (C=O) groups excluding carboxylic acids is 3. The number of benzene rings is 1. The van der Waals surface area contributed by atoms with Crippen molar-refractivity contribution < 1.29 is 19.1 Å². The van der Waals surface area contributed by atoms with Crippen molar-refractivity contribution >= 4 is 17.8 Å². The van der Waals surface area contributed by atoms with E-state index in [4.69, 9.17) is 4.74 Å². The molecule has 0 aliphatic heterocycles. The van der Waals surface area contributed by atoms with Gasteiger partial charge in [-0.15, -0.1) is 0 Å². The molecule has 0 aliphatic carbocycles. The summed E-state index contributed by atoms with van der Waals surface area (Å²) in [6.45, 7) is 4.06. The Kier molecular flexibility index (Phi) is 6.94. The van der Waals surface area contributed by atoms with E-state index in [1.165, 1.54) is 6.92 Å². The standard InChI is InChI=1S/C15H20N2O4/c1-3-8-16-14(19)10-21-15(20)13-6-4-12(5-7-13)9-17-11(2)18/h4-7H,3,8-10H2,1-2H3,(H,16,19)(H,17,18). The highest BCUT2D eigenvalue weighted by atomic mass is 16.5. The molecule has 2 amide bonds. The van der Waals surface area contributed by atoms with Crippen molar-refractivity contribution in [2.75, 3.05) is 13.2 Å². The molecule has 0 spiro atoms. The Morgan fingerprint density at radius 2 is 1.76 bits per heavy atom. The molecule has 1 aromatic rings. The van der Waals surface area contributed by atoms with E-state index in [9.17, 15) is 14.4 Å². The molecule has 0 saturated carbocycles. The van der Waals surface area contributed by atoms with Crippen LogP contribution in [0.15, 0.2) is 24.3 Å². The Bertz CT molecular complexity index is 497. The fourth-order valence-corrected chi connectivity index (χ4v) is 1.52. The summed E-state index contributed by atoms with van der Waals surface area (Å²) < 4.78 is 4.90. The SMILES string of the molecule is CCCNC(=O)COC(=O)c1ccc(CNC(C)=O)cc1. The zero-order valence-electron chi connectivity index (χ0n) is 12.3. The summed E-state index contributed by atoms with van der Waals surface area (Å²) in [5.74, 6) is -0.975. The zero-order chi connectivity index (χ0) is 15.7. The first-order chi connectivity index (χ1) is 10.0. The fourth-order valence-electron chi connectivity index (χ4n) is 1.52. The lowest BCUT2D eigenvalue weighted by molar-refractivity contribution is -0.124. The Morgan fingerprint density at radius 1 is 1.10 bits per heavy atom. The Hall–Kier alpha value is -2.37. The molecule has 114 valence electrons. The van der Waals surface area contributed by atoms with Gasteiger partial charge in [-0.1, -0.05) is 19.1 Å². The highest BCUT2D eigenvalue weighted by molar-refractivity contribution is 5.91. The molecule has 0 saturated heterocycles. The van der Waals surface area contributed by atoms with Crippen LogP contribution < -0.4 is 10.6 Å². The van der Waals surface area contributed by atoms with Crippen LogP contribution in [0.2, 0.25) is 0 Å². The molecule has 1 rings (SSSR count). The van der Waals surface area contributed by atoms with E-state index in [1.807, 2.05) is 6.92 Å². The average molecular weight is 292 g/mol. The van der Waals surface area contributed by atoms with Gasteiger partial charge < -0.3 is 15.4 Å². The maximum atomic E-state index is 11.7. The summed E-state index contributed by atoms with van der Waals surface area (Å²) >= 11 is 0. The van der Waals surface area contributed by atoms with Gasteiger partial charge in [0.15, 0.2) is 6.61 Å². The molecular formula is C15H20N2O4. The van der Waals surface area contributed by atoms with Gasteiger partial charge in [0.05, 0.1) is 5.56 Å². The highest BCUT2D eigenvalue weighted by Crippen LogP contribution is 2.06. The molecule has 0 aromatic heterocycles. The van der Waals surface area contributed by atoms with E-state index < -0.39 is 5.97 Å². The first-order valence-electron chi connectivity index (χ1n) is 6.80. The van der Waals surface area contributed by atoms with Crippen molar-refractivity contribution in [3.8, 4) is 0 Å². The lowest BCUT2D eigenvalue weighted by Gasteiger charge is -2.06. The zero-order valence-corrected chi connectivity index (χ0v) is 12.3. The molecule has 0 aliphatic rings. The van der Waals surface area contributed by atoms with Gasteiger partial charge in [0.25, 0.3) is 5.91 Å². The molecule has 0 atom stereocenters. The number of amides is 2. The second-order valence-electron chi connectivity index (χ2n) is 4.53. The number of rotatable bonds is 7. The van der Waals surface area contributed by atoms with Crippen molar-refractivity contribution in [2.45, 2.75) is 26.8 Å². The second-order valence-corrected chi connectivity index (χ2v) is 4.53. The largest absolute Gasteiger partial charge is 0.452 e. The number of hydrogen-bond donors (Lipinski definition) is 2. The van der Waals surface area contributed by atoms with E-state index in [-0.39, 0.29) is 18.4 Å². The lowest BCUT2D eigenvalue weighted by atomic mass is 10.1. The number of nitrogens with one attached hydrogen (secondary N) is 2. The number of carbonyl (C=O) groups is 3. The molecule has 1 aromatic carbocycles. The van der Waals surface area contributed by atoms with E-state index >= 15 is 0 Å². The molecule has 0 radical (unpaired) electrons. The predicted molar refractivity (Wildman–Crippen MR) is 77.5 cm³/mol. The van der Waals surface area contributed by atoms with Gasteiger partial charge in [-0.2, -0.15) is 0 Å². The van der Waals surface area contributed by atoms with Gasteiger partial charge >= 0.3 is 5.97 Å². The van der Waals surface area contributed by atoms with Crippen LogP contribution in [0.5, 0.6) is 0 Å². The molecule has 6 nitrogen and oxygen atoms in total. The third-order valence-electron chi connectivity index (χ3n) is 2.64. The van der Waals surface area contributed by atoms with Crippen LogP contribution in [-0.2, 0) is 20.9 Å². The molecular weight excluding hydrogens is 272 g/mol. The Labute approximate surface area is 123 Å². The highest BCUT2D eigenvalue weighted by Gasteiger charge is 2.09. The van der Waals surface area contributed by atoms with Gasteiger partial charge in [0.2, 0.25) is 5.91 Å². The molecule has 0 heterocycles. The van der Waals surface area contributed by atoms with Crippen LogP contribution in [0.4, 0.5) is 0 Å². The van der Waals surface area contributed by atoms with Crippen LogP contribution in [0.1, 0.15) is 36.2 Å². The van der Waals surface area contributed by atoms with E-state index in [1.54, 1.807) is 24.3 Å². The summed E-state index contributed by atoms with van der Waals surface area (Å²) in [4.78, 5) is 33.8. The van der Waals surface area contributed by atoms with Crippen molar-refractivity contribution in [1.82, 2.24) is 10.6 Å². The Balaban J connectivity index is 2.44. The van der Waals surface area contributed by atoms with Crippen molar-refractivity contribution in [3.05, 3.63) is 35.4 Å². The molecule has 6 heteroatoms. The average Bonchev–Trinajstić information content (AvgIpc) is 2.49. The van der Waals surface area contributed by atoms with Gasteiger partial charge in [-0.05, 0) is 24.1 Å². The summed E-state index contributed by atoms with van der Waals surface area (Å²) in [6.07, 6.45) is 0.829. The minimum atomic E-state index is -0.548. The lowest BCUT2D eigenvalue weighted by Crippen LogP contribution is -2.29. The van der Waals surface area contributed by atoms with Gasteiger partial charge in [0.1, 0.15) is 0 Å².